The van der Waals surface area contributed by atoms with Crippen LogP contribution in [0.3, 0.4) is 0 Å². The highest BCUT2D eigenvalue weighted by atomic mass is 15.1. The van der Waals surface area contributed by atoms with Crippen molar-refractivity contribution >= 4 is 5.96 Å². The predicted molar refractivity (Wildman–Crippen MR) is 58.0 cm³/mol. The zero-order valence-corrected chi connectivity index (χ0v) is 8.57. The topological polar surface area (TPSA) is 63.3 Å². The number of rotatable bonds is 3. The summed E-state index contributed by atoms with van der Waals surface area (Å²) in [6.07, 6.45) is 3.53. The minimum Gasteiger partial charge on any atom is -0.370 e. The van der Waals surface area contributed by atoms with E-state index in [1.54, 1.807) is 12.4 Å². The molecular formula is C10H16N4. The molecule has 0 saturated heterocycles. The van der Waals surface area contributed by atoms with Gasteiger partial charge in [-0.15, -0.1) is 0 Å². The first kappa shape index (κ1) is 10.5. The SMILES string of the molecule is CCN=C(N)NC(C)c1ccncc1. The molecule has 0 radical (unpaired) electrons. The molecule has 0 bridgehead atoms. The van der Waals surface area contributed by atoms with E-state index in [0.29, 0.717) is 12.5 Å². The van der Waals surface area contributed by atoms with Crippen LogP contribution in [0, 0.1) is 0 Å². The van der Waals surface area contributed by atoms with E-state index in [1.807, 2.05) is 26.0 Å². The summed E-state index contributed by atoms with van der Waals surface area (Å²) < 4.78 is 0. The third-order valence-electron chi connectivity index (χ3n) is 1.90. The molecule has 0 aliphatic carbocycles. The van der Waals surface area contributed by atoms with E-state index in [-0.39, 0.29) is 6.04 Å². The Bertz CT molecular complexity index is 294. The molecule has 14 heavy (non-hydrogen) atoms. The number of hydrogen-bond acceptors (Lipinski definition) is 2. The van der Waals surface area contributed by atoms with Gasteiger partial charge in [0.15, 0.2) is 5.96 Å². The van der Waals surface area contributed by atoms with Crippen LogP contribution in [0.2, 0.25) is 0 Å². The molecule has 1 heterocycles. The Morgan fingerprint density at radius 1 is 1.57 bits per heavy atom. The zero-order valence-electron chi connectivity index (χ0n) is 8.57. The van der Waals surface area contributed by atoms with Crippen LogP contribution in [0.4, 0.5) is 0 Å². The lowest BCUT2D eigenvalue weighted by molar-refractivity contribution is 0.707. The monoisotopic (exact) mass is 192 g/mol. The highest BCUT2D eigenvalue weighted by Gasteiger charge is 2.04. The second kappa shape index (κ2) is 5.21. The van der Waals surface area contributed by atoms with Crippen LogP contribution in [0.25, 0.3) is 0 Å². The van der Waals surface area contributed by atoms with Crippen molar-refractivity contribution in [3.05, 3.63) is 30.1 Å². The predicted octanol–water partition coefficient (Wildman–Crippen LogP) is 1.07. The maximum atomic E-state index is 5.65. The Labute approximate surface area is 84.3 Å². The van der Waals surface area contributed by atoms with Gasteiger partial charge in [-0.1, -0.05) is 0 Å². The number of nitrogens with two attached hydrogens (primary N) is 1. The molecule has 1 unspecified atom stereocenters. The van der Waals surface area contributed by atoms with E-state index in [4.69, 9.17) is 5.73 Å². The van der Waals surface area contributed by atoms with Crippen LogP contribution in [-0.2, 0) is 0 Å². The molecule has 1 aromatic heterocycles. The molecule has 0 amide bonds. The van der Waals surface area contributed by atoms with E-state index in [9.17, 15) is 0 Å². The number of aromatic nitrogens is 1. The summed E-state index contributed by atoms with van der Waals surface area (Å²) in [6, 6.07) is 4.07. The van der Waals surface area contributed by atoms with Gasteiger partial charge in [-0.25, -0.2) is 0 Å². The third kappa shape index (κ3) is 3.05. The Morgan fingerprint density at radius 3 is 2.79 bits per heavy atom. The molecule has 3 N–H and O–H groups in total. The zero-order chi connectivity index (χ0) is 10.4. The summed E-state index contributed by atoms with van der Waals surface area (Å²) in [5, 5.41) is 3.10. The Hall–Kier alpha value is -1.58. The number of nitrogens with one attached hydrogen (secondary N) is 1. The van der Waals surface area contributed by atoms with Gasteiger partial charge in [-0.2, -0.15) is 0 Å². The molecule has 0 aromatic carbocycles. The quantitative estimate of drug-likeness (QED) is 0.556. The summed E-state index contributed by atoms with van der Waals surface area (Å²) in [5.41, 5.74) is 6.79. The van der Waals surface area contributed by atoms with Gasteiger partial charge in [0.05, 0.1) is 6.04 Å². The number of nitrogens with zero attached hydrogens (tertiary/aromatic N) is 2. The van der Waals surface area contributed by atoms with Crippen molar-refractivity contribution in [2.24, 2.45) is 10.7 Å². The van der Waals surface area contributed by atoms with Crippen molar-refractivity contribution in [2.45, 2.75) is 19.9 Å². The highest BCUT2D eigenvalue weighted by Crippen LogP contribution is 2.09. The van der Waals surface area contributed by atoms with Crippen molar-refractivity contribution in [3.8, 4) is 0 Å². The first-order chi connectivity index (χ1) is 6.74. The fourth-order valence-corrected chi connectivity index (χ4v) is 1.17. The molecule has 76 valence electrons. The number of aliphatic imine (C=N–C) groups is 1. The maximum Gasteiger partial charge on any atom is 0.189 e. The molecule has 0 fully saturated rings. The normalized spacial score (nSPS) is 13.7. The minimum absolute atomic E-state index is 0.160. The fourth-order valence-electron chi connectivity index (χ4n) is 1.17. The number of hydrogen-bond donors (Lipinski definition) is 2. The van der Waals surface area contributed by atoms with Gasteiger partial charge in [0.2, 0.25) is 0 Å². The molecule has 4 heteroatoms. The highest BCUT2D eigenvalue weighted by molar-refractivity contribution is 5.78. The summed E-state index contributed by atoms with van der Waals surface area (Å²) in [6.45, 7) is 4.68. The minimum atomic E-state index is 0.160. The van der Waals surface area contributed by atoms with Crippen LogP contribution in [0.5, 0.6) is 0 Å². The molecule has 1 aromatic rings. The van der Waals surface area contributed by atoms with Crippen LogP contribution in [0.1, 0.15) is 25.5 Å². The average molecular weight is 192 g/mol. The van der Waals surface area contributed by atoms with Gasteiger partial charge >= 0.3 is 0 Å². The van der Waals surface area contributed by atoms with Gasteiger partial charge < -0.3 is 11.1 Å². The first-order valence-electron chi connectivity index (χ1n) is 4.70. The van der Waals surface area contributed by atoms with Gasteiger partial charge in [0, 0.05) is 18.9 Å². The maximum absolute atomic E-state index is 5.65. The average Bonchev–Trinajstić information content (AvgIpc) is 2.19. The van der Waals surface area contributed by atoms with Gasteiger partial charge in [-0.3, -0.25) is 9.98 Å². The van der Waals surface area contributed by atoms with Gasteiger partial charge in [-0.05, 0) is 31.5 Å². The smallest absolute Gasteiger partial charge is 0.189 e. The standard InChI is InChI=1S/C10H16N4/c1-3-13-10(11)14-8(2)9-4-6-12-7-5-9/h4-8H,3H2,1-2H3,(H3,11,13,14). The number of guanidine groups is 1. The molecule has 0 aliphatic heterocycles. The third-order valence-corrected chi connectivity index (χ3v) is 1.90. The summed E-state index contributed by atoms with van der Waals surface area (Å²) >= 11 is 0. The molecule has 4 nitrogen and oxygen atoms in total. The molecule has 1 atom stereocenters. The van der Waals surface area contributed by atoms with Crippen molar-refractivity contribution in [2.75, 3.05) is 6.54 Å². The molecule has 1 rings (SSSR count). The van der Waals surface area contributed by atoms with E-state index in [1.165, 1.54) is 0 Å². The number of pyridine rings is 1. The second-order valence-corrected chi connectivity index (χ2v) is 3.01. The molecule has 0 saturated carbocycles. The van der Waals surface area contributed by atoms with Crippen LogP contribution in [0.15, 0.2) is 29.5 Å². The van der Waals surface area contributed by atoms with Crippen molar-refractivity contribution in [1.82, 2.24) is 10.3 Å². The van der Waals surface area contributed by atoms with E-state index >= 15 is 0 Å². The van der Waals surface area contributed by atoms with Crippen molar-refractivity contribution in [1.29, 1.82) is 0 Å². The Morgan fingerprint density at radius 2 is 2.21 bits per heavy atom. The first-order valence-corrected chi connectivity index (χ1v) is 4.70. The van der Waals surface area contributed by atoms with Crippen LogP contribution >= 0.6 is 0 Å². The van der Waals surface area contributed by atoms with Gasteiger partial charge in [0.1, 0.15) is 0 Å². The van der Waals surface area contributed by atoms with Crippen LogP contribution in [-0.4, -0.2) is 17.5 Å². The van der Waals surface area contributed by atoms with E-state index < -0.39 is 0 Å². The lowest BCUT2D eigenvalue weighted by Crippen LogP contribution is -2.33. The molecule has 0 spiro atoms. The summed E-state index contributed by atoms with van der Waals surface area (Å²) in [7, 11) is 0. The van der Waals surface area contributed by atoms with Gasteiger partial charge in [0.25, 0.3) is 0 Å². The lowest BCUT2D eigenvalue weighted by Gasteiger charge is -2.14. The Kier molecular flexibility index (Phi) is 3.91. The van der Waals surface area contributed by atoms with E-state index in [2.05, 4.69) is 15.3 Å². The van der Waals surface area contributed by atoms with Crippen LogP contribution < -0.4 is 11.1 Å². The Balaban J connectivity index is 2.59. The fraction of sp³-hybridized carbons (Fsp3) is 0.400. The summed E-state index contributed by atoms with van der Waals surface area (Å²) in [4.78, 5) is 8.01. The van der Waals surface area contributed by atoms with Crippen molar-refractivity contribution in [3.63, 3.8) is 0 Å². The summed E-state index contributed by atoms with van der Waals surface area (Å²) in [5.74, 6) is 0.483. The largest absolute Gasteiger partial charge is 0.370 e. The second-order valence-electron chi connectivity index (χ2n) is 3.01. The molecular weight excluding hydrogens is 176 g/mol. The van der Waals surface area contributed by atoms with E-state index in [0.717, 1.165) is 5.56 Å². The lowest BCUT2D eigenvalue weighted by atomic mass is 10.1. The molecule has 0 aliphatic rings. The van der Waals surface area contributed by atoms with Crippen molar-refractivity contribution < 1.29 is 0 Å².